The van der Waals surface area contributed by atoms with E-state index in [0.717, 1.165) is 32.4 Å². The highest BCUT2D eigenvalue weighted by atomic mass is 16.2. The molecule has 0 bridgehead atoms. The topological polar surface area (TPSA) is 46.3 Å². The Hall–Kier alpha value is -1.35. The Kier molecular flexibility index (Phi) is 5.04. The van der Waals surface area contributed by atoms with E-state index in [1.807, 2.05) is 4.90 Å². The summed E-state index contributed by atoms with van der Waals surface area (Å²) in [6.07, 6.45) is 3.26. The lowest BCUT2D eigenvalue weighted by Crippen LogP contribution is -2.38. The Balaban J connectivity index is 1.90. The maximum atomic E-state index is 12.4. The molecule has 1 aliphatic rings. The van der Waals surface area contributed by atoms with Crippen molar-refractivity contribution < 1.29 is 4.79 Å². The standard InChI is InChI=1S/C18H28N2O/c1-18(2,3)13-16(19)12-17(21)20-10-8-14-6-4-5-7-15(14)9-11-20/h4-7,16H,8-13,19H2,1-3H3. The van der Waals surface area contributed by atoms with Crippen LogP contribution in [0.3, 0.4) is 0 Å². The van der Waals surface area contributed by atoms with Gasteiger partial charge in [0.25, 0.3) is 0 Å². The van der Waals surface area contributed by atoms with Gasteiger partial charge in [0, 0.05) is 25.6 Å². The monoisotopic (exact) mass is 288 g/mol. The van der Waals surface area contributed by atoms with Gasteiger partial charge in [0.1, 0.15) is 0 Å². The van der Waals surface area contributed by atoms with Crippen LogP contribution in [0, 0.1) is 5.41 Å². The molecule has 3 nitrogen and oxygen atoms in total. The van der Waals surface area contributed by atoms with Gasteiger partial charge in [-0.1, -0.05) is 45.0 Å². The van der Waals surface area contributed by atoms with Crippen molar-refractivity contribution in [3.63, 3.8) is 0 Å². The third kappa shape index (κ3) is 4.85. The van der Waals surface area contributed by atoms with Gasteiger partial charge >= 0.3 is 0 Å². The van der Waals surface area contributed by atoms with Gasteiger partial charge in [0.15, 0.2) is 0 Å². The number of amides is 1. The van der Waals surface area contributed by atoms with Crippen molar-refractivity contribution in [3.05, 3.63) is 35.4 Å². The number of carbonyl (C=O) groups is 1. The first-order valence-electron chi connectivity index (χ1n) is 7.95. The highest BCUT2D eigenvalue weighted by Gasteiger charge is 2.22. The maximum absolute atomic E-state index is 12.4. The minimum atomic E-state index is -0.0388. The van der Waals surface area contributed by atoms with Crippen molar-refractivity contribution in [1.29, 1.82) is 0 Å². The number of benzene rings is 1. The van der Waals surface area contributed by atoms with E-state index in [2.05, 4.69) is 45.0 Å². The van der Waals surface area contributed by atoms with Crippen molar-refractivity contribution in [1.82, 2.24) is 4.90 Å². The van der Waals surface area contributed by atoms with Gasteiger partial charge < -0.3 is 10.6 Å². The number of nitrogens with two attached hydrogens (primary N) is 1. The highest BCUT2D eigenvalue weighted by Crippen LogP contribution is 2.22. The number of carbonyl (C=O) groups excluding carboxylic acids is 1. The first-order valence-corrected chi connectivity index (χ1v) is 7.95. The second kappa shape index (κ2) is 6.61. The van der Waals surface area contributed by atoms with Crippen LogP contribution in [0.5, 0.6) is 0 Å². The zero-order chi connectivity index (χ0) is 15.5. The Bertz CT molecular complexity index is 463. The van der Waals surface area contributed by atoms with Crippen LogP contribution in [0.4, 0.5) is 0 Å². The average Bonchev–Trinajstić information content (AvgIpc) is 2.58. The molecule has 0 saturated carbocycles. The lowest BCUT2D eigenvalue weighted by atomic mass is 9.87. The molecule has 0 spiro atoms. The fraction of sp³-hybridized carbons (Fsp3) is 0.611. The molecule has 1 atom stereocenters. The maximum Gasteiger partial charge on any atom is 0.224 e. The minimum Gasteiger partial charge on any atom is -0.342 e. The van der Waals surface area contributed by atoms with Crippen molar-refractivity contribution in [2.45, 2.75) is 52.5 Å². The predicted molar refractivity (Wildman–Crippen MR) is 87.1 cm³/mol. The van der Waals surface area contributed by atoms with Crippen molar-refractivity contribution in [3.8, 4) is 0 Å². The Morgan fingerprint density at radius 3 is 2.19 bits per heavy atom. The second-order valence-electron chi connectivity index (χ2n) is 7.38. The zero-order valence-corrected chi connectivity index (χ0v) is 13.6. The SMILES string of the molecule is CC(C)(C)CC(N)CC(=O)N1CCc2ccccc2CC1. The summed E-state index contributed by atoms with van der Waals surface area (Å²) in [6.45, 7) is 8.13. The summed E-state index contributed by atoms with van der Waals surface area (Å²) in [5.74, 6) is 0.208. The molecule has 0 radical (unpaired) electrons. The highest BCUT2D eigenvalue weighted by molar-refractivity contribution is 5.77. The van der Waals surface area contributed by atoms with Crippen LogP contribution in [-0.4, -0.2) is 29.9 Å². The molecule has 116 valence electrons. The van der Waals surface area contributed by atoms with Crippen LogP contribution in [0.2, 0.25) is 0 Å². The van der Waals surface area contributed by atoms with Crippen LogP contribution >= 0.6 is 0 Å². The fourth-order valence-electron chi connectivity index (χ4n) is 3.13. The summed E-state index contributed by atoms with van der Waals surface area (Å²) in [5, 5.41) is 0. The van der Waals surface area contributed by atoms with E-state index >= 15 is 0 Å². The summed E-state index contributed by atoms with van der Waals surface area (Å²) in [4.78, 5) is 14.4. The van der Waals surface area contributed by atoms with Crippen LogP contribution < -0.4 is 5.73 Å². The van der Waals surface area contributed by atoms with E-state index in [-0.39, 0.29) is 17.4 Å². The predicted octanol–water partition coefficient (Wildman–Crippen LogP) is 2.77. The molecule has 2 N–H and O–H groups in total. The summed E-state index contributed by atoms with van der Waals surface area (Å²) in [7, 11) is 0. The van der Waals surface area contributed by atoms with E-state index in [1.54, 1.807) is 0 Å². The lowest BCUT2D eigenvalue weighted by Gasteiger charge is -2.26. The largest absolute Gasteiger partial charge is 0.342 e. The van der Waals surface area contributed by atoms with Crippen LogP contribution in [-0.2, 0) is 17.6 Å². The number of rotatable bonds is 3. The van der Waals surface area contributed by atoms with E-state index in [0.29, 0.717) is 6.42 Å². The number of hydrogen-bond acceptors (Lipinski definition) is 2. The average molecular weight is 288 g/mol. The summed E-state index contributed by atoms with van der Waals surface area (Å²) < 4.78 is 0. The molecule has 1 unspecified atom stereocenters. The van der Waals surface area contributed by atoms with E-state index in [9.17, 15) is 4.79 Å². The van der Waals surface area contributed by atoms with E-state index < -0.39 is 0 Å². The van der Waals surface area contributed by atoms with Gasteiger partial charge in [-0.05, 0) is 35.8 Å². The summed E-state index contributed by atoms with van der Waals surface area (Å²) in [5.41, 5.74) is 9.08. The number of nitrogens with zero attached hydrogens (tertiary/aromatic N) is 1. The first-order chi connectivity index (χ1) is 9.85. The quantitative estimate of drug-likeness (QED) is 0.929. The Labute approximate surface area is 128 Å². The van der Waals surface area contributed by atoms with Crippen LogP contribution in [0.25, 0.3) is 0 Å². The molecule has 1 aliphatic heterocycles. The van der Waals surface area contributed by atoms with Gasteiger partial charge in [0.05, 0.1) is 0 Å². The lowest BCUT2D eigenvalue weighted by molar-refractivity contribution is -0.131. The second-order valence-corrected chi connectivity index (χ2v) is 7.38. The molecule has 1 aromatic carbocycles. The Morgan fingerprint density at radius 1 is 1.19 bits per heavy atom. The molecule has 0 saturated heterocycles. The van der Waals surface area contributed by atoms with Crippen LogP contribution in [0.1, 0.15) is 44.7 Å². The smallest absolute Gasteiger partial charge is 0.224 e. The molecule has 1 amide bonds. The van der Waals surface area contributed by atoms with Crippen molar-refractivity contribution in [2.75, 3.05) is 13.1 Å². The molecular weight excluding hydrogens is 260 g/mol. The normalized spacial score (nSPS) is 17.0. The summed E-state index contributed by atoms with van der Waals surface area (Å²) in [6, 6.07) is 8.47. The molecule has 1 heterocycles. The Morgan fingerprint density at radius 2 is 1.71 bits per heavy atom. The molecule has 21 heavy (non-hydrogen) atoms. The van der Waals surface area contributed by atoms with E-state index in [1.165, 1.54) is 11.1 Å². The van der Waals surface area contributed by atoms with E-state index in [4.69, 9.17) is 5.73 Å². The first kappa shape index (κ1) is 16.0. The molecule has 0 aromatic heterocycles. The van der Waals surface area contributed by atoms with Gasteiger partial charge in [0.2, 0.25) is 5.91 Å². The number of fused-ring (bicyclic) bond motifs is 1. The molecule has 1 aromatic rings. The minimum absolute atomic E-state index is 0.0388. The third-order valence-corrected chi connectivity index (χ3v) is 4.08. The fourth-order valence-corrected chi connectivity index (χ4v) is 3.13. The molecule has 0 aliphatic carbocycles. The van der Waals surface area contributed by atoms with Gasteiger partial charge in [-0.15, -0.1) is 0 Å². The van der Waals surface area contributed by atoms with Gasteiger partial charge in [-0.3, -0.25) is 4.79 Å². The van der Waals surface area contributed by atoms with Crippen molar-refractivity contribution in [2.24, 2.45) is 11.1 Å². The molecular formula is C18H28N2O. The van der Waals surface area contributed by atoms with Gasteiger partial charge in [-0.25, -0.2) is 0 Å². The third-order valence-electron chi connectivity index (χ3n) is 4.08. The van der Waals surface area contributed by atoms with Crippen molar-refractivity contribution >= 4 is 5.91 Å². The molecule has 2 rings (SSSR count). The number of hydrogen-bond donors (Lipinski definition) is 1. The zero-order valence-electron chi connectivity index (χ0n) is 13.6. The van der Waals surface area contributed by atoms with Gasteiger partial charge in [-0.2, -0.15) is 0 Å². The van der Waals surface area contributed by atoms with Crippen LogP contribution in [0.15, 0.2) is 24.3 Å². The summed E-state index contributed by atoms with van der Waals surface area (Å²) >= 11 is 0. The molecule has 0 fully saturated rings. The molecule has 3 heteroatoms.